The molecule has 3 heteroatoms. The molecule has 3 atom stereocenters. The molecule has 12 heavy (non-hydrogen) atoms. The highest BCUT2D eigenvalue weighted by molar-refractivity contribution is 7.80. The van der Waals surface area contributed by atoms with Gasteiger partial charge in [-0.2, -0.15) is 12.6 Å². The van der Waals surface area contributed by atoms with Crippen molar-refractivity contribution in [1.82, 2.24) is 10.2 Å². The summed E-state index contributed by atoms with van der Waals surface area (Å²) >= 11 is 4.48. The molecule has 2 saturated heterocycles. The fraction of sp³-hybridized carbons (Fsp3) is 1.00. The van der Waals surface area contributed by atoms with Crippen molar-refractivity contribution in [2.45, 2.75) is 43.6 Å². The zero-order chi connectivity index (χ0) is 8.55. The Hall–Kier alpha value is 0.270. The van der Waals surface area contributed by atoms with Crippen molar-refractivity contribution in [3.05, 3.63) is 0 Å². The predicted molar refractivity (Wildman–Crippen MR) is 54.6 cm³/mol. The first kappa shape index (κ1) is 8.85. The minimum absolute atomic E-state index is 0.426. The molecule has 0 aliphatic carbocycles. The molecule has 0 aromatic heterocycles. The van der Waals surface area contributed by atoms with E-state index in [9.17, 15) is 0 Å². The average molecular weight is 186 g/mol. The van der Waals surface area contributed by atoms with E-state index in [-0.39, 0.29) is 0 Å². The van der Waals surface area contributed by atoms with E-state index in [4.69, 9.17) is 0 Å². The summed E-state index contributed by atoms with van der Waals surface area (Å²) in [5, 5.41) is 4.09. The van der Waals surface area contributed by atoms with Crippen LogP contribution in [0.1, 0.15) is 26.2 Å². The second-order valence-corrected chi connectivity index (χ2v) is 4.82. The Morgan fingerprint density at radius 2 is 1.92 bits per heavy atom. The molecule has 2 aliphatic rings. The van der Waals surface area contributed by atoms with Gasteiger partial charge in [-0.25, -0.2) is 0 Å². The van der Waals surface area contributed by atoms with E-state index in [2.05, 4.69) is 29.8 Å². The Kier molecular flexibility index (Phi) is 2.63. The zero-order valence-electron chi connectivity index (χ0n) is 7.66. The largest absolute Gasteiger partial charge is 0.309 e. The van der Waals surface area contributed by atoms with Gasteiger partial charge in [-0.1, -0.05) is 6.42 Å². The van der Waals surface area contributed by atoms with Gasteiger partial charge in [0.1, 0.15) is 0 Å². The van der Waals surface area contributed by atoms with Crippen molar-refractivity contribution in [3.8, 4) is 0 Å². The molecule has 0 aromatic rings. The Balaban J connectivity index is 1.96. The molecular weight excluding hydrogens is 168 g/mol. The van der Waals surface area contributed by atoms with E-state index in [0.717, 1.165) is 12.1 Å². The summed E-state index contributed by atoms with van der Waals surface area (Å²) < 4.78 is 0. The first-order valence-electron chi connectivity index (χ1n) is 4.94. The van der Waals surface area contributed by atoms with Gasteiger partial charge in [-0.15, -0.1) is 0 Å². The monoisotopic (exact) mass is 186 g/mol. The number of piperidine rings is 1. The number of hydrogen-bond acceptors (Lipinski definition) is 3. The highest BCUT2D eigenvalue weighted by atomic mass is 32.1. The highest BCUT2D eigenvalue weighted by Gasteiger charge is 2.30. The second-order valence-electron chi connectivity index (χ2n) is 4.08. The molecule has 0 saturated carbocycles. The molecule has 2 nitrogen and oxygen atoms in total. The minimum Gasteiger partial charge on any atom is -0.309 e. The van der Waals surface area contributed by atoms with Gasteiger partial charge in [0, 0.05) is 25.2 Å². The number of likely N-dealkylation sites (tertiary alicyclic amines) is 1. The Bertz CT molecular complexity index is 149. The number of fused-ring (bicyclic) bond motifs is 2. The van der Waals surface area contributed by atoms with Crippen LogP contribution in [0.3, 0.4) is 0 Å². The zero-order valence-corrected chi connectivity index (χ0v) is 8.56. The predicted octanol–water partition coefficient (Wildman–Crippen LogP) is 1.09. The van der Waals surface area contributed by atoms with Crippen LogP contribution in [0.5, 0.6) is 0 Å². The third kappa shape index (κ3) is 1.78. The van der Waals surface area contributed by atoms with Crippen LogP contribution < -0.4 is 5.32 Å². The van der Waals surface area contributed by atoms with Gasteiger partial charge in [0.15, 0.2) is 0 Å². The van der Waals surface area contributed by atoms with Crippen LogP contribution >= 0.6 is 12.6 Å². The first-order valence-corrected chi connectivity index (χ1v) is 5.45. The summed E-state index contributed by atoms with van der Waals surface area (Å²) in [6.07, 6.45) is 4.12. The maximum absolute atomic E-state index is 4.48. The molecule has 70 valence electrons. The van der Waals surface area contributed by atoms with Gasteiger partial charge >= 0.3 is 0 Å². The molecule has 2 rings (SSSR count). The molecular formula is C9H18N2S. The van der Waals surface area contributed by atoms with Crippen molar-refractivity contribution in [2.24, 2.45) is 0 Å². The maximum Gasteiger partial charge on any atom is 0.0500 e. The summed E-state index contributed by atoms with van der Waals surface area (Å²) in [4.78, 5) is 2.48. The Morgan fingerprint density at radius 1 is 1.33 bits per heavy atom. The second kappa shape index (κ2) is 3.56. The number of nitrogens with zero attached hydrogens (tertiary/aromatic N) is 1. The van der Waals surface area contributed by atoms with Crippen molar-refractivity contribution in [3.63, 3.8) is 0 Å². The van der Waals surface area contributed by atoms with Gasteiger partial charge in [-0.3, -0.25) is 4.90 Å². The van der Waals surface area contributed by atoms with Crippen LogP contribution in [0.2, 0.25) is 0 Å². The summed E-state index contributed by atoms with van der Waals surface area (Å²) in [6, 6.07) is 1.49. The molecule has 3 unspecified atom stereocenters. The van der Waals surface area contributed by atoms with Crippen molar-refractivity contribution < 1.29 is 0 Å². The highest BCUT2D eigenvalue weighted by Crippen LogP contribution is 2.21. The number of piperazine rings is 1. The summed E-state index contributed by atoms with van der Waals surface area (Å²) in [5.41, 5.74) is 0. The number of thiol groups is 1. The van der Waals surface area contributed by atoms with Crippen LogP contribution in [-0.2, 0) is 0 Å². The third-order valence-electron chi connectivity index (χ3n) is 3.01. The molecule has 1 N–H and O–H groups in total. The number of nitrogens with one attached hydrogen (secondary N) is 1. The molecule has 0 radical (unpaired) electrons. The van der Waals surface area contributed by atoms with Gasteiger partial charge in [0.2, 0.25) is 0 Å². The lowest BCUT2D eigenvalue weighted by Gasteiger charge is -2.43. The lowest BCUT2D eigenvalue weighted by Crippen LogP contribution is -2.59. The quantitative estimate of drug-likeness (QED) is 0.596. The van der Waals surface area contributed by atoms with Crippen molar-refractivity contribution >= 4 is 12.6 Å². The van der Waals surface area contributed by atoms with Gasteiger partial charge < -0.3 is 5.32 Å². The van der Waals surface area contributed by atoms with Crippen LogP contribution in [0.25, 0.3) is 0 Å². The van der Waals surface area contributed by atoms with Crippen molar-refractivity contribution in [2.75, 3.05) is 13.1 Å². The minimum atomic E-state index is 0.426. The molecule has 2 bridgehead atoms. The van der Waals surface area contributed by atoms with E-state index in [1.165, 1.54) is 32.4 Å². The molecule has 0 amide bonds. The first-order chi connectivity index (χ1) is 5.75. The van der Waals surface area contributed by atoms with E-state index >= 15 is 0 Å². The van der Waals surface area contributed by atoms with Gasteiger partial charge in [0.25, 0.3) is 0 Å². The number of hydrogen-bond donors (Lipinski definition) is 2. The van der Waals surface area contributed by atoms with E-state index in [0.29, 0.717) is 5.37 Å². The smallest absolute Gasteiger partial charge is 0.0500 e. The molecule has 0 aromatic carbocycles. The Morgan fingerprint density at radius 3 is 2.42 bits per heavy atom. The van der Waals surface area contributed by atoms with Crippen LogP contribution in [-0.4, -0.2) is 35.4 Å². The van der Waals surface area contributed by atoms with Crippen LogP contribution in [0, 0.1) is 0 Å². The Labute approximate surface area is 80.1 Å². The van der Waals surface area contributed by atoms with E-state index in [1.54, 1.807) is 0 Å². The lowest BCUT2D eigenvalue weighted by atomic mass is 9.94. The molecule has 2 fully saturated rings. The third-order valence-corrected chi connectivity index (χ3v) is 3.34. The normalized spacial score (nSPS) is 39.5. The van der Waals surface area contributed by atoms with Crippen LogP contribution in [0.4, 0.5) is 0 Å². The van der Waals surface area contributed by atoms with Crippen molar-refractivity contribution in [1.29, 1.82) is 0 Å². The molecule has 2 heterocycles. The maximum atomic E-state index is 4.48. The van der Waals surface area contributed by atoms with E-state index in [1.807, 2.05) is 0 Å². The number of rotatable bonds is 1. The van der Waals surface area contributed by atoms with Crippen LogP contribution in [0.15, 0.2) is 0 Å². The summed E-state index contributed by atoms with van der Waals surface area (Å²) in [7, 11) is 0. The van der Waals surface area contributed by atoms with E-state index < -0.39 is 0 Å². The fourth-order valence-corrected chi connectivity index (χ4v) is 2.53. The average Bonchev–Trinajstić information content (AvgIpc) is 2.03. The standard InChI is InChI=1S/C9H18N2S/c1-7(12)11-5-8-3-2-4-9(6-11)10-8/h7-10,12H,2-6H2,1H3. The van der Waals surface area contributed by atoms with Gasteiger partial charge in [-0.05, 0) is 19.8 Å². The summed E-state index contributed by atoms with van der Waals surface area (Å²) in [5.74, 6) is 0. The summed E-state index contributed by atoms with van der Waals surface area (Å²) in [6.45, 7) is 4.56. The SMILES string of the molecule is CC(S)N1CC2CCCC(C1)N2. The fourth-order valence-electron chi connectivity index (χ4n) is 2.34. The molecule has 2 aliphatic heterocycles. The molecule has 0 spiro atoms. The topological polar surface area (TPSA) is 15.3 Å². The van der Waals surface area contributed by atoms with Gasteiger partial charge in [0.05, 0.1) is 5.37 Å². The lowest BCUT2D eigenvalue weighted by molar-refractivity contribution is 0.121.